The molecule has 1 saturated carbocycles. The van der Waals surface area contributed by atoms with E-state index in [0.29, 0.717) is 18.5 Å². The SMILES string of the molecule is Nc1csc(S(=O)(=O)NCC2(O)CCCCC2)c1. The van der Waals surface area contributed by atoms with Gasteiger partial charge in [0.05, 0.1) is 5.60 Å². The summed E-state index contributed by atoms with van der Waals surface area (Å²) >= 11 is 1.08. The minimum absolute atomic E-state index is 0.0765. The quantitative estimate of drug-likeness (QED) is 0.779. The van der Waals surface area contributed by atoms with Crippen molar-refractivity contribution in [3.05, 3.63) is 11.4 Å². The third kappa shape index (κ3) is 3.23. The Labute approximate surface area is 111 Å². The van der Waals surface area contributed by atoms with Gasteiger partial charge in [-0.25, -0.2) is 13.1 Å². The maximum Gasteiger partial charge on any atom is 0.250 e. The van der Waals surface area contributed by atoms with Crippen molar-refractivity contribution in [2.45, 2.75) is 41.9 Å². The van der Waals surface area contributed by atoms with Crippen LogP contribution in [0.2, 0.25) is 0 Å². The van der Waals surface area contributed by atoms with Gasteiger partial charge in [0.15, 0.2) is 0 Å². The molecule has 0 atom stereocenters. The van der Waals surface area contributed by atoms with Crippen molar-refractivity contribution in [2.75, 3.05) is 12.3 Å². The molecule has 1 aliphatic rings. The number of aliphatic hydroxyl groups is 1. The number of hydrogen-bond acceptors (Lipinski definition) is 5. The number of sulfonamides is 1. The normalized spacial score (nSPS) is 19.8. The van der Waals surface area contributed by atoms with Gasteiger partial charge in [0, 0.05) is 17.6 Å². The van der Waals surface area contributed by atoms with Gasteiger partial charge in [-0.2, -0.15) is 0 Å². The van der Waals surface area contributed by atoms with Crippen LogP contribution >= 0.6 is 11.3 Å². The second-order valence-corrected chi connectivity index (χ2v) is 7.71. The van der Waals surface area contributed by atoms with Crippen molar-refractivity contribution in [3.63, 3.8) is 0 Å². The van der Waals surface area contributed by atoms with Crippen LogP contribution in [0.5, 0.6) is 0 Å². The zero-order valence-electron chi connectivity index (χ0n) is 10.1. The topological polar surface area (TPSA) is 92.4 Å². The van der Waals surface area contributed by atoms with Gasteiger partial charge < -0.3 is 10.8 Å². The summed E-state index contributed by atoms with van der Waals surface area (Å²) in [6.45, 7) is 0.0765. The molecule has 0 unspecified atom stereocenters. The predicted molar refractivity (Wildman–Crippen MR) is 72.0 cm³/mol. The average Bonchev–Trinajstić information content (AvgIpc) is 2.76. The molecule has 1 heterocycles. The zero-order valence-corrected chi connectivity index (χ0v) is 11.7. The van der Waals surface area contributed by atoms with Crippen LogP contribution < -0.4 is 10.5 Å². The lowest BCUT2D eigenvalue weighted by atomic mass is 9.85. The van der Waals surface area contributed by atoms with E-state index in [2.05, 4.69) is 4.72 Å². The molecule has 0 aromatic carbocycles. The molecule has 0 saturated heterocycles. The molecule has 18 heavy (non-hydrogen) atoms. The van der Waals surface area contributed by atoms with E-state index in [9.17, 15) is 13.5 Å². The van der Waals surface area contributed by atoms with Crippen molar-refractivity contribution < 1.29 is 13.5 Å². The number of thiophene rings is 1. The molecule has 1 fully saturated rings. The van der Waals surface area contributed by atoms with Crippen LogP contribution in [0.15, 0.2) is 15.7 Å². The van der Waals surface area contributed by atoms with E-state index in [1.54, 1.807) is 5.38 Å². The standard InChI is InChI=1S/C11H18N2O3S2/c12-9-6-10(17-7-9)18(15,16)13-8-11(14)4-2-1-3-5-11/h6-7,13-14H,1-5,8,12H2. The Balaban J connectivity index is 2.01. The van der Waals surface area contributed by atoms with Crippen LogP contribution in [0.4, 0.5) is 5.69 Å². The predicted octanol–water partition coefficient (Wildman–Crippen LogP) is 1.30. The van der Waals surface area contributed by atoms with E-state index in [1.807, 2.05) is 0 Å². The summed E-state index contributed by atoms with van der Waals surface area (Å²) in [5.74, 6) is 0. The van der Waals surface area contributed by atoms with E-state index in [1.165, 1.54) is 6.07 Å². The Hall–Kier alpha value is -0.630. The van der Waals surface area contributed by atoms with Gasteiger partial charge in [-0.05, 0) is 18.9 Å². The Morgan fingerprint density at radius 2 is 2.06 bits per heavy atom. The molecule has 0 amide bonds. The number of nitrogens with two attached hydrogens (primary N) is 1. The first-order valence-electron chi connectivity index (χ1n) is 5.97. The molecule has 1 aromatic rings. The molecule has 7 heteroatoms. The molecule has 1 aliphatic carbocycles. The Morgan fingerprint density at radius 3 is 2.61 bits per heavy atom. The number of nitrogens with one attached hydrogen (secondary N) is 1. The summed E-state index contributed by atoms with van der Waals surface area (Å²) in [5, 5.41) is 11.8. The van der Waals surface area contributed by atoms with Gasteiger partial charge in [-0.3, -0.25) is 0 Å². The largest absolute Gasteiger partial charge is 0.398 e. The van der Waals surface area contributed by atoms with Crippen LogP contribution in [0.25, 0.3) is 0 Å². The molecule has 0 aliphatic heterocycles. The first-order chi connectivity index (χ1) is 8.41. The van der Waals surface area contributed by atoms with Gasteiger partial charge in [0.1, 0.15) is 4.21 Å². The number of rotatable bonds is 4. The summed E-state index contributed by atoms with van der Waals surface area (Å²) < 4.78 is 26.6. The highest BCUT2D eigenvalue weighted by atomic mass is 32.2. The van der Waals surface area contributed by atoms with E-state index >= 15 is 0 Å². The highest BCUT2D eigenvalue weighted by Crippen LogP contribution is 2.28. The summed E-state index contributed by atoms with van der Waals surface area (Å²) in [5.41, 5.74) is 5.06. The third-order valence-electron chi connectivity index (χ3n) is 3.24. The Bertz CT molecular complexity index is 504. The second-order valence-electron chi connectivity index (χ2n) is 4.81. The highest BCUT2D eigenvalue weighted by Gasteiger charge is 2.31. The lowest BCUT2D eigenvalue weighted by molar-refractivity contribution is 0.00946. The number of nitrogen functional groups attached to an aromatic ring is 1. The fourth-order valence-electron chi connectivity index (χ4n) is 2.16. The lowest BCUT2D eigenvalue weighted by Crippen LogP contribution is -2.44. The Kier molecular flexibility index (Phi) is 3.96. The van der Waals surface area contributed by atoms with Crippen LogP contribution in [-0.4, -0.2) is 25.7 Å². The van der Waals surface area contributed by atoms with Crippen LogP contribution in [0.1, 0.15) is 32.1 Å². The maximum absolute atomic E-state index is 12.0. The monoisotopic (exact) mass is 290 g/mol. The zero-order chi connectivity index (χ0) is 13.2. The smallest absolute Gasteiger partial charge is 0.250 e. The van der Waals surface area contributed by atoms with E-state index in [0.717, 1.165) is 30.6 Å². The van der Waals surface area contributed by atoms with Gasteiger partial charge in [0.25, 0.3) is 0 Å². The summed E-state index contributed by atoms with van der Waals surface area (Å²) in [6, 6.07) is 1.43. The minimum Gasteiger partial charge on any atom is -0.398 e. The summed E-state index contributed by atoms with van der Waals surface area (Å²) in [4.78, 5) is 0. The lowest BCUT2D eigenvalue weighted by Gasteiger charge is -2.31. The van der Waals surface area contributed by atoms with E-state index < -0.39 is 15.6 Å². The third-order valence-corrected chi connectivity index (χ3v) is 6.10. The molecule has 4 N–H and O–H groups in total. The van der Waals surface area contributed by atoms with Gasteiger partial charge in [0.2, 0.25) is 10.0 Å². The van der Waals surface area contributed by atoms with Gasteiger partial charge in [-0.15, -0.1) is 11.3 Å². The molecular weight excluding hydrogens is 272 g/mol. The molecule has 0 bridgehead atoms. The first kappa shape index (κ1) is 13.8. The van der Waals surface area contributed by atoms with Gasteiger partial charge in [-0.1, -0.05) is 19.3 Å². The van der Waals surface area contributed by atoms with Crippen LogP contribution in [-0.2, 0) is 10.0 Å². The van der Waals surface area contributed by atoms with Crippen molar-refractivity contribution >= 4 is 27.0 Å². The van der Waals surface area contributed by atoms with Crippen molar-refractivity contribution in [3.8, 4) is 0 Å². The van der Waals surface area contributed by atoms with E-state index in [-0.39, 0.29) is 10.8 Å². The molecule has 0 spiro atoms. The van der Waals surface area contributed by atoms with Crippen molar-refractivity contribution in [2.24, 2.45) is 0 Å². The molecule has 0 radical (unpaired) electrons. The summed E-state index contributed by atoms with van der Waals surface area (Å²) in [7, 11) is -3.55. The molecule has 1 aromatic heterocycles. The number of anilines is 1. The van der Waals surface area contributed by atoms with Gasteiger partial charge >= 0.3 is 0 Å². The average molecular weight is 290 g/mol. The molecule has 5 nitrogen and oxygen atoms in total. The van der Waals surface area contributed by atoms with Crippen LogP contribution in [0.3, 0.4) is 0 Å². The highest BCUT2D eigenvalue weighted by molar-refractivity contribution is 7.91. The van der Waals surface area contributed by atoms with Crippen molar-refractivity contribution in [1.29, 1.82) is 0 Å². The molecular formula is C11H18N2O3S2. The number of hydrogen-bond donors (Lipinski definition) is 3. The van der Waals surface area contributed by atoms with E-state index in [4.69, 9.17) is 5.73 Å². The second kappa shape index (κ2) is 5.16. The fraction of sp³-hybridized carbons (Fsp3) is 0.636. The fourth-order valence-corrected chi connectivity index (χ4v) is 4.40. The minimum atomic E-state index is -3.55. The first-order valence-corrected chi connectivity index (χ1v) is 8.34. The molecule has 102 valence electrons. The summed E-state index contributed by atoms with van der Waals surface area (Å²) in [6.07, 6.45) is 4.31. The Morgan fingerprint density at radius 1 is 1.39 bits per heavy atom. The molecule has 2 rings (SSSR count). The van der Waals surface area contributed by atoms with Crippen LogP contribution in [0, 0.1) is 0 Å². The van der Waals surface area contributed by atoms with Crippen molar-refractivity contribution in [1.82, 2.24) is 4.72 Å². The maximum atomic E-state index is 12.0.